The lowest BCUT2D eigenvalue weighted by atomic mass is 10.1. The molecular weight excluding hydrogens is 243 g/mol. The SMILES string of the molecule is CCn1cc(CCN(C)C)c2c(OC)cc(F)cc21. The van der Waals surface area contributed by atoms with Crippen molar-refractivity contribution in [2.75, 3.05) is 27.7 Å². The number of fused-ring (bicyclic) bond motifs is 1. The molecule has 1 aromatic heterocycles. The number of aromatic nitrogens is 1. The van der Waals surface area contributed by atoms with Gasteiger partial charge >= 0.3 is 0 Å². The van der Waals surface area contributed by atoms with Crippen molar-refractivity contribution in [2.24, 2.45) is 0 Å². The van der Waals surface area contributed by atoms with Crippen molar-refractivity contribution in [2.45, 2.75) is 19.9 Å². The highest BCUT2D eigenvalue weighted by molar-refractivity contribution is 5.90. The Morgan fingerprint density at radius 2 is 2.05 bits per heavy atom. The van der Waals surface area contributed by atoms with Gasteiger partial charge in [0.2, 0.25) is 0 Å². The van der Waals surface area contributed by atoms with E-state index in [2.05, 4.69) is 36.7 Å². The van der Waals surface area contributed by atoms with Crippen LogP contribution in [-0.2, 0) is 13.0 Å². The normalized spacial score (nSPS) is 11.5. The number of ether oxygens (including phenoxy) is 1. The summed E-state index contributed by atoms with van der Waals surface area (Å²) in [7, 11) is 5.69. The van der Waals surface area contributed by atoms with Crippen LogP contribution < -0.4 is 4.74 Å². The largest absolute Gasteiger partial charge is 0.496 e. The topological polar surface area (TPSA) is 17.4 Å². The molecule has 0 N–H and O–H groups in total. The van der Waals surface area contributed by atoms with E-state index in [4.69, 9.17) is 4.74 Å². The second kappa shape index (κ2) is 5.61. The van der Waals surface area contributed by atoms with Crippen molar-refractivity contribution in [3.8, 4) is 5.75 Å². The van der Waals surface area contributed by atoms with Gasteiger partial charge in [0, 0.05) is 30.7 Å². The predicted octanol–water partition coefficient (Wildman–Crippen LogP) is 2.91. The van der Waals surface area contributed by atoms with Crippen LogP contribution in [0.5, 0.6) is 5.75 Å². The Kier molecular flexibility index (Phi) is 4.10. The quantitative estimate of drug-likeness (QED) is 0.826. The van der Waals surface area contributed by atoms with Gasteiger partial charge in [-0.2, -0.15) is 0 Å². The highest BCUT2D eigenvalue weighted by atomic mass is 19.1. The van der Waals surface area contributed by atoms with Crippen LogP contribution in [0.25, 0.3) is 10.9 Å². The average Bonchev–Trinajstić information content (AvgIpc) is 2.73. The van der Waals surface area contributed by atoms with Crippen LogP contribution in [0, 0.1) is 5.82 Å². The number of halogens is 1. The molecule has 0 spiro atoms. The van der Waals surface area contributed by atoms with Gasteiger partial charge in [0.15, 0.2) is 0 Å². The van der Waals surface area contributed by atoms with E-state index in [1.165, 1.54) is 11.6 Å². The Labute approximate surface area is 113 Å². The molecular formula is C15H21FN2O. The van der Waals surface area contributed by atoms with E-state index in [0.29, 0.717) is 5.75 Å². The van der Waals surface area contributed by atoms with E-state index in [0.717, 1.165) is 30.4 Å². The molecule has 1 aromatic carbocycles. The molecule has 0 unspecified atom stereocenters. The lowest BCUT2D eigenvalue weighted by molar-refractivity contribution is 0.410. The van der Waals surface area contributed by atoms with Crippen LogP contribution in [0.3, 0.4) is 0 Å². The molecule has 3 nitrogen and oxygen atoms in total. The molecule has 0 aliphatic carbocycles. The second-order valence-corrected chi connectivity index (χ2v) is 5.00. The van der Waals surface area contributed by atoms with Gasteiger partial charge in [0.25, 0.3) is 0 Å². The summed E-state index contributed by atoms with van der Waals surface area (Å²) < 4.78 is 21.0. The molecule has 2 aromatic rings. The molecule has 0 saturated heterocycles. The molecule has 0 bridgehead atoms. The van der Waals surface area contributed by atoms with Crippen molar-refractivity contribution < 1.29 is 9.13 Å². The zero-order valence-corrected chi connectivity index (χ0v) is 12.0. The van der Waals surface area contributed by atoms with Gasteiger partial charge in [-0.3, -0.25) is 0 Å². The first kappa shape index (κ1) is 13.9. The molecule has 1 heterocycles. The van der Waals surface area contributed by atoms with Gasteiger partial charge in [0.1, 0.15) is 11.6 Å². The van der Waals surface area contributed by atoms with E-state index in [1.54, 1.807) is 13.2 Å². The van der Waals surface area contributed by atoms with E-state index in [-0.39, 0.29) is 5.82 Å². The van der Waals surface area contributed by atoms with Crippen LogP contribution in [-0.4, -0.2) is 37.2 Å². The van der Waals surface area contributed by atoms with Gasteiger partial charge in [0.05, 0.1) is 12.6 Å². The van der Waals surface area contributed by atoms with E-state index in [9.17, 15) is 4.39 Å². The van der Waals surface area contributed by atoms with Gasteiger partial charge in [-0.05, 0) is 39.1 Å². The van der Waals surface area contributed by atoms with Crippen LogP contribution in [0.2, 0.25) is 0 Å². The Bertz CT molecular complexity index is 575. The van der Waals surface area contributed by atoms with Crippen molar-refractivity contribution in [1.29, 1.82) is 0 Å². The third kappa shape index (κ3) is 2.73. The first-order valence-corrected chi connectivity index (χ1v) is 6.56. The summed E-state index contributed by atoms with van der Waals surface area (Å²) in [6.07, 6.45) is 3.04. The van der Waals surface area contributed by atoms with E-state index in [1.807, 2.05) is 0 Å². The summed E-state index contributed by atoms with van der Waals surface area (Å²) in [6.45, 7) is 3.85. The van der Waals surface area contributed by atoms with Gasteiger partial charge in [-0.25, -0.2) is 4.39 Å². The average molecular weight is 264 g/mol. The molecule has 0 radical (unpaired) electrons. The molecule has 0 amide bonds. The fourth-order valence-corrected chi connectivity index (χ4v) is 2.40. The van der Waals surface area contributed by atoms with Gasteiger partial charge in [-0.1, -0.05) is 0 Å². The first-order chi connectivity index (χ1) is 9.06. The standard InChI is InChI=1S/C15H21FN2O/c1-5-18-10-11(6-7-17(2)3)15-13(18)8-12(16)9-14(15)19-4/h8-10H,5-7H2,1-4H3. The van der Waals surface area contributed by atoms with Crippen LogP contribution in [0.1, 0.15) is 12.5 Å². The summed E-state index contributed by atoms with van der Waals surface area (Å²) >= 11 is 0. The summed E-state index contributed by atoms with van der Waals surface area (Å²) in [5.74, 6) is 0.368. The summed E-state index contributed by atoms with van der Waals surface area (Å²) in [6, 6.07) is 3.04. The third-order valence-corrected chi connectivity index (χ3v) is 3.38. The lowest BCUT2D eigenvalue weighted by Gasteiger charge is -2.09. The fraction of sp³-hybridized carbons (Fsp3) is 0.467. The van der Waals surface area contributed by atoms with Gasteiger partial charge < -0.3 is 14.2 Å². The number of rotatable bonds is 5. The minimum Gasteiger partial charge on any atom is -0.496 e. The highest BCUT2D eigenvalue weighted by Gasteiger charge is 2.14. The highest BCUT2D eigenvalue weighted by Crippen LogP contribution is 2.32. The minimum atomic E-state index is -0.253. The smallest absolute Gasteiger partial charge is 0.131 e. The molecule has 2 rings (SSSR count). The van der Waals surface area contributed by atoms with Crippen molar-refractivity contribution in [1.82, 2.24) is 9.47 Å². The van der Waals surface area contributed by atoms with E-state index >= 15 is 0 Å². The molecule has 0 aliphatic rings. The number of hydrogen-bond acceptors (Lipinski definition) is 2. The number of likely N-dealkylation sites (N-methyl/N-ethyl adjacent to an activating group) is 1. The first-order valence-electron chi connectivity index (χ1n) is 6.56. The Morgan fingerprint density at radius 3 is 2.63 bits per heavy atom. The van der Waals surface area contributed by atoms with Crippen LogP contribution in [0.15, 0.2) is 18.3 Å². The monoisotopic (exact) mass is 264 g/mol. The molecule has 104 valence electrons. The maximum atomic E-state index is 13.6. The zero-order valence-electron chi connectivity index (χ0n) is 12.0. The lowest BCUT2D eigenvalue weighted by Crippen LogP contribution is -2.14. The molecule has 4 heteroatoms. The zero-order chi connectivity index (χ0) is 14.0. The number of hydrogen-bond donors (Lipinski definition) is 0. The molecule has 0 aliphatic heterocycles. The molecule has 0 fully saturated rings. The Morgan fingerprint density at radius 1 is 1.32 bits per heavy atom. The molecule has 0 atom stereocenters. The van der Waals surface area contributed by atoms with E-state index < -0.39 is 0 Å². The number of benzene rings is 1. The Balaban J connectivity index is 2.57. The summed E-state index contributed by atoms with van der Waals surface area (Å²) in [4.78, 5) is 2.14. The predicted molar refractivity (Wildman–Crippen MR) is 76.4 cm³/mol. The number of aryl methyl sites for hydroxylation is 1. The van der Waals surface area contributed by atoms with Crippen LogP contribution in [0.4, 0.5) is 4.39 Å². The minimum absolute atomic E-state index is 0.253. The third-order valence-electron chi connectivity index (χ3n) is 3.38. The number of methoxy groups -OCH3 is 1. The van der Waals surface area contributed by atoms with Crippen molar-refractivity contribution >= 4 is 10.9 Å². The summed E-state index contributed by atoms with van der Waals surface area (Å²) in [5, 5.41) is 1.03. The maximum Gasteiger partial charge on any atom is 0.131 e. The van der Waals surface area contributed by atoms with Crippen molar-refractivity contribution in [3.05, 3.63) is 29.7 Å². The van der Waals surface area contributed by atoms with Crippen LogP contribution >= 0.6 is 0 Å². The maximum absolute atomic E-state index is 13.6. The molecule has 0 saturated carbocycles. The molecule has 19 heavy (non-hydrogen) atoms. The van der Waals surface area contributed by atoms with Crippen molar-refractivity contribution in [3.63, 3.8) is 0 Å². The summed E-state index contributed by atoms with van der Waals surface area (Å²) in [5.41, 5.74) is 2.12. The Hall–Kier alpha value is -1.55. The number of nitrogens with zero attached hydrogens (tertiary/aromatic N) is 2. The second-order valence-electron chi connectivity index (χ2n) is 5.00. The van der Waals surface area contributed by atoms with Gasteiger partial charge in [-0.15, -0.1) is 0 Å². The fourth-order valence-electron chi connectivity index (χ4n) is 2.40.